The van der Waals surface area contributed by atoms with Gasteiger partial charge in [0, 0.05) is 35.2 Å². The first-order chi connectivity index (χ1) is 15.4. The molecule has 2 aliphatic carbocycles. The summed E-state index contributed by atoms with van der Waals surface area (Å²) in [7, 11) is 0. The topological polar surface area (TPSA) is 43.1 Å². The lowest BCUT2D eigenvalue weighted by Crippen LogP contribution is -1.98. The summed E-state index contributed by atoms with van der Waals surface area (Å²) in [6, 6.07) is 21.7. The molecular weight excluding hydrogens is 380 g/mol. The second kappa shape index (κ2) is 5.35. The number of pyridine rings is 3. The third-order valence-corrected chi connectivity index (χ3v) is 6.91. The van der Waals surface area contributed by atoms with Crippen molar-refractivity contribution in [2.75, 3.05) is 0 Å². The van der Waals surface area contributed by atoms with Gasteiger partial charge in [0.05, 0.1) is 11.4 Å². The van der Waals surface area contributed by atoms with Gasteiger partial charge in [-0.15, -0.1) is 0 Å². The van der Waals surface area contributed by atoms with Crippen molar-refractivity contribution in [2.45, 2.75) is 12.8 Å². The largest absolute Gasteiger partial charge is 0.278 e. The molecule has 4 heterocycles. The minimum Gasteiger partial charge on any atom is -0.278 e. The molecule has 4 nitrogen and oxygen atoms in total. The minimum absolute atomic E-state index is 0.866. The molecule has 0 unspecified atom stereocenters. The van der Waals surface area contributed by atoms with E-state index in [1.54, 1.807) is 0 Å². The quantitative estimate of drug-likeness (QED) is 0.315. The smallest absolute Gasteiger partial charge is 0.166 e. The van der Waals surface area contributed by atoms with Crippen LogP contribution in [0.3, 0.4) is 0 Å². The SMILES string of the molecule is c1ccc2c(c1)Cc1cc3c(cc1-2)Cc1c-3nc2c3ncccc3c3cccnc3n12. The maximum absolute atomic E-state index is 5.15. The normalized spacial score (nSPS) is 13.5. The van der Waals surface area contributed by atoms with Crippen molar-refractivity contribution in [3.63, 3.8) is 0 Å². The number of hydrogen-bond donors (Lipinski definition) is 0. The van der Waals surface area contributed by atoms with Crippen LogP contribution in [0.15, 0.2) is 73.1 Å². The lowest BCUT2D eigenvalue weighted by Gasteiger charge is -2.09. The first-order valence-electron chi connectivity index (χ1n) is 10.6. The minimum atomic E-state index is 0.866. The van der Waals surface area contributed by atoms with E-state index in [1.165, 1.54) is 39.1 Å². The van der Waals surface area contributed by atoms with Gasteiger partial charge in [0.25, 0.3) is 0 Å². The zero-order chi connectivity index (χ0) is 20.1. The summed E-state index contributed by atoms with van der Waals surface area (Å²) in [5, 5.41) is 2.22. The standard InChI is InChI=1S/C27H16N4/c1-2-6-18-15(5-1)11-16-13-22-17(12-21(16)18)14-23-24(22)30-27-25-19(7-3-9-28-25)20-8-4-10-29-26(20)31(23)27/h1-10,12-13H,11,14H2. The Kier molecular flexibility index (Phi) is 2.72. The summed E-state index contributed by atoms with van der Waals surface area (Å²) >= 11 is 0. The predicted molar refractivity (Wildman–Crippen MR) is 122 cm³/mol. The molecule has 0 aliphatic heterocycles. The van der Waals surface area contributed by atoms with Crippen molar-refractivity contribution < 1.29 is 0 Å². The Morgan fingerprint density at radius 3 is 2.42 bits per heavy atom. The van der Waals surface area contributed by atoms with Crippen LogP contribution in [0, 0.1) is 0 Å². The fourth-order valence-electron chi connectivity index (χ4n) is 5.58. The number of aromatic nitrogens is 4. The predicted octanol–water partition coefficient (Wildman–Crippen LogP) is 5.57. The van der Waals surface area contributed by atoms with Crippen molar-refractivity contribution in [1.29, 1.82) is 0 Å². The Bertz CT molecular complexity index is 1740. The molecule has 144 valence electrons. The van der Waals surface area contributed by atoms with E-state index >= 15 is 0 Å². The molecule has 6 aromatic rings. The first kappa shape index (κ1) is 15.7. The highest BCUT2D eigenvalue weighted by Crippen LogP contribution is 2.45. The number of hydrogen-bond acceptors (Lipinski definition) is 3. The molecule has 0 radical (unpaired) electrons. The Hall–Kier alpha value is -4.05. The Morgan fingerprint density at radius 2 is 1.45 bits per heavy atom. The number of rotatable bonds is 0. The van der Waals surface area contributed by atoms with Gasteiger partial charge < -0.3 is 0 Å². The van der Waals surface area contributed by atoms with Gasteiger partial charge in [0.15, 0.2) is 5.65 Å². The highest BCUT2D eigenvalue weighted by molar-refractivity contribution is 6.09. The van der Waals surface area contributed by atoms with Gasteiger partial charge in [0.2, 0.25) is 0 Å². The van der Waals surface area contributed by atoms with E-state index in [9.17, 15) is 0 Å². The van der Waals surface area contributed by atoms with Crippen LogP contribution in [0.4, 0.5) is 0 Å². The van der Waals surface area contributed by atoms with E-state index in [0.29, 0.717) is 0 Å². The molecule has 4 heteroatoms. The van der Waals surface area contributed by atoms with Gasteiger partial charge in [0.1, 0.15) is 11.2 Å². The van der Waals surface area contributed by atoms with Gasteiger partial charge in [-0.1, -0.05) is 30.3 Å². The third kappa shape index (κ3) is 1.88. The fraction of sp³-hybridized carbons (Fsp3) is 0.0741. The van der Waals surface area contributed by atoms with Crippen LogP contribution in [0.5, 0.6) is 0 Å². The van der Waals surface area contributed by atoms with Gasteiger partial charge in [-0.25, -0.2) is 9.97 Å². The third-order valence-electron chi connectivity index (χ3n) is 6.91. The highest BCUT2D eigenvalue weighted by Gasteiger charge is 2.30. The van der Waals surface area contributed by atoms with Crippen LogP contribution < -0.4 is 0 Å². The first-order valence-corrected chi connectivity index (χ1v) is 10.6. The van der Waals surface area contributed by atoms with Gasteiger partial charge in [-0.3, -0.25) is 9.38 Å². The summed E-state index contributed by atoms with van der Waals surface area (Å²) in [4.78, 5) is 14.6. The van der Waals surface area contributed by atoms with Crippen molar-refractivity contribution in [3.8, 4) is 22.4 Å². The van der Waals surface area contributed by atoms with Crippen molar-refractivity contribution in [2.24, 2.45) is 0 Å². The molecule has 0 bridgehead atoms. The number of nitrogens with zero attached hydrogens (tertiary/aromatic N) is 4. The molecule has 0 amide bonds. The summed E-state index contributed by atoms with van der Waals surface area (Å²) in [6.45, 7) is 0. The van der Waals surface area contributed by atoms with Crippen LogP contribution in [-0.2, 0) is 12.8 Å². The van der Waals surface area contributed by atoms with E-state index in [0.717, 1.165) is 46.1 Å². The zero-order valence-corrected chi connectivity index (χ0v) is 16.6. The average Bonchev–Trinajstić information content (AvgIpc) is 3.47. The molecule has 31 heavy (non-hydrogen) atoms. The Morgan fingerprint density at radius 1 is 0.645 bits per heavy atom. The summed E-state index contributed by atoms with van der Waals surface area (Å²) in [5.41, 5.74) is 13.3. The lowest BCUT2D eigenvalue weighted by atomic mass is 9.99. The van der Waals surface area contributed by atoms with E-state index in [2.05, 4.69) is 52.9 Å². The summed E-state index contributed by atoms with van der Waals surface area (Å²) in [6.07, 6.45) is 5.58. The Labute approximate surface area is 177 Å². The number of imidazole rings is 1. The van der Waals surface area contributed by atoms with Crippen molar-refractivity contribution >= 4 is 27.6 Å². The zero-order valence-electron chi connectivity index (χ0n) is 16.6. The maximum Gasteiger partial charge on any atom is 0.166 e. The molecule has 0 N–H and O–H groups in total. The fourth-order valence-corrected chi connectivity index (χ4v) is 5.58. The molecule has 2 aliphatic rings. The van der Waals surface area contributed by atoms with Gasteiger partial charge in [-0.2, -0.15) is 0 Å². The molecule has 0 saturated heterocycles. The van der Waals surface area contributed by atoms with Crippen molar-refractivity contribution in [1.82, 2.24) is 19.4 Å². The molecule has 0 atom stereocenters. The monoisotopic (exact) mass is 396 g/mol. The van der Waals surface area contributed by atoms with E-state index < -0.39 is 0 Å². The second-order valence-corrected chi connectivity index (χ2v) is 8.52. The van der Waals surface area contributed by atoms with Crippen LogP contribution in [0.25, 0.3) is 50.0 Å². The number of benzene rings is 2. The number of fused-ring (bicyclic) bond motifs is 13. The van der Waals surface area contributed by atoms with Gasteiger partial charge >= 0.3 is 0 Å². The van der Waals surface area contributed by atoms with Crippen molar-refractivity contribution in [3.05, 3.63) is 95.4 Å². The second-order valence-electron chi connectivity index (χ2n) is 8.52. The molecule has 0 saturated carbocycles. The molecular formula is C27H16N4. The summed E-state index contributed by atoms with van der Waals surface area (Å²) in [5.74, 6) is 0. The Balaban J connectivity index is 1.46. The van der Waals surface area contributed by atoms with Crippen LogP contribution in [0.1, 0.15) is 22.4 Å². The molecule has 0 fully saturated rings. The molecule has 4 aromatic heterocycles. The molecule has 0 spiro atoms. The van der Waals surface area contributed by atoms with Crippen LogP contribution >= 0.6 is 0 Å². The van der Waals surface area contributed by atoms with Gasteiger partial charge in [-0.05, 0) is 64.6 Å². The average molecular weight is 396 g/mol. The maximum atomic E-state index is 5.15. The van der Waals surface area contributed by atoms with E-state index in [1.807, 2.05) is 24.5 Å². The van der Waals surface area contributed by atoms with E-state index in [-0.39, 0.29) is 0 Å². The lowest BCUT2D eigenvalue weighted by molar-refractivity contribution is 1.07. The van der Waals surface area contributed by atoms with E-state index in [4.69, 9.17) is 15.0 Å². The van der Waals surface area contributed by atoms with Crippen LogP contribution in [-0.4, -0.2) is 19.4 Å². The summed E-state index contributed by atoms with van der Waals surface area (Å²) < 4.78 is 2.24. The molecule has 2 aromatic carbocycles. The molecule has 8 rings (SSSR count). The van der Waals surface area contributed by atoms with Crippen LogP contribution in [0.2, 0.25) is 0 Å². The highest BCUT2D eigenvalue weighted by atomic mass is 15.1.